The number of ether oxygens (including phenoxy) is 2. The first-order valence-electron chi connectivity index (χ1n) is 12.2. The van der Waals surface area contributed by atoms with Gasteiger partial charge in [-0.3, -0.25) is 0 Å². The van der Waals surface area contributed by atoms with Gasteiger partial charge in [0.2, 0.25) is 0 Å². The van der Waals surface area contributed by atoms with E-state index in [0.717, 1.165) is 26.1 Å². The molecule has 2 unspecified atom stereocenters. The van der Waals surface area contributed by atoms with E-state index in [1.807, 2.05) is 0 Å². The van der Waals surface area contributed by atoms with Crippen molar-refractivity contribution in [2.75, 3.05) is 24.7 Å². The van der Waals surface area contributed by atoms with Crippen LogP contribution in [0.1, 0.15) is 80.1 Å². The number of hydrogen-bond acceptors (Lipinski definition) is 4. The summed E-state index contributed by atoms with van der Waals surface area (Å²) in [4.78, 5) is 0. The summed E-state index contributed by atoms with van der Waals surface area (Å²) in [5, 5.41) is 0. The van der Waals surface area contributed by atoms with Gasteiger partial charge in [0, 0.05) is 24.7 Å². The highest BCUT2D eigenvalue weighted by Gasteiger charge is 2.25. The Balaban J connectivity index is 4.64. The maximum absolute atomic E-state index is 6.36. The summed E-state index contributed by atoms with van der Waals surface area (Å²) in [6.45, 7) is 15.7. The van der Waals surface area contributed by atoms with Crippen LogP contribution in [0, 0.1) is 0 Å². The van der Waals surface area contributed by atoms with Gasteiger partial charge < -0.3 is 9.47 Å². The largest absolute Gasteiger partial charge is 0.381 e. The molecule has 2 nitrogen and oxygen atoms in total. The maximum Gasteiger partial charge on any atom is 0.0728 e. The Kier molecular flexibility index (Phi) is 22.1. The van der Waals surface area contributed by atoms with Crippen LogP contribution in [0.15, 0.2) is 0 Å². The lowest BCUT2D eigenvalue weighted by Gasteiger charge is -2.27. The second-order valence-corrected chi connectivity index (χ2v) is 17.5. The van der Waals surface area contributed by atoms with E-state index in [9.17, 15) is 0 Å². The zero-order valence-corrected chi connectivity index (χ0v) is 23.8. The molecule has 0 saturated carbocycles. The second-order valence-electron chi connectivity index (χ2n) is 8.06. The summed E-state index contributed by atoms with van der Waals surface area (Å²) >= 11 is 0. The summed E-state index contributed by atoms with van der Waals surface area (Å²) in [6, 6.07) is 5.77. The van der Waals surface area contributed by atoms with Gasteiger partial charge in [0.25, 0.3) is 0 Å². The molecule has 0 aromatic heterocycles. The molecule has 0 aliphatic heterocycles. The monoisotopic (exact) mass is 466 g/mol. The van der Waals surface area contributed by atoms with Gasteiger partial charge in [0.05, 0.1) is 29.0 Å². The molecule has 0 heterocycles. The minimum Gasteiger partial charge on any atom is -0.381 e. The van der Waals surface area contributed by atoms with E-state index in [1.54, 1.807) is 0 Å². The van der Waals surface area contributed by atoms with Crippen LogP contribution >= 0.6 is 21.6 Å². The van der Waals surface area contributed by atoms with Gasteiger partial charge in [0.15, 0.2) is 0 Å². The van der Waals surface area contributed by atoms with E-state index in [4.69, 9.17) is 9.47 Å². The predicted molar refractivity (Wildman–Crippen MR) is 140 cm³/mol. The summed E-state index contributed by atoms with van der Waals surface area (Å²) in [6.07, 6.45) is 7.59. The maximum atomic E-state index is 6.36. The third-order valence-electron chi connectivity index (χ3n) is 5.31. The number of hydrogen-bond donors (Lipinski definition) is 0. The molecule has 0 aliphatic carbocycles. The van der Waals surface area contributed by atoms with Crippen molar-refractivity contribution in [1.82, 2.24) is 0 Å². The standard InChI is InChI=1S/C22H50O2S2Si2/c1-7-13-23-21(27(15-9-3)16-10-4)19-25-26-20-22(24-14-8-2)28(17-11-5)18-12-6/h21-22,27-28H,7-20H2,1-6H3. The highest BCUT2D eigenvalue weighted by Crippen LogP contribution is 2.29. The molecule has 28 heavy (non-hydrogen) atoms. The van der Waals surface area contributed by atoms with Crippen LogP contribution in [-0.2, 0) is 9.47 Å². The van der Waals surface area contributed by atoms with Crippen molar-refractivity contribution < 1.29 is 9.47 Å². The van der Waals surface area contributed by atoms with Crippen molar-refractivity contribution in [1.29, 1.82) is 0 Å². The molecule has 0 radical (unpaired) electrons. The fourth-order valence-corrected chi connectivity index (χ4v) is 15.4. The van der Waals surface area contributed by atoms with E-state index in [2.05, 4.69) is 63.1 Å². The molecule has 0 amide bonds. The van der Waals surface area contributed by atoms with Gasteiger partial charge >= 0.3 is 0 Å². The van der Waals surface area contributed by atoms with Gasteiger partial charge in [-0.15, -0.1) is 0 Å². The average molecular weight is 467 g/mol. The lowest BCUT2D eigenvalue weighted by atomic mass is 10.5. The first-order valence-corrected chi connectivity index (χ1v) is 19.2. The second kappa shape index (κ2) is 21.3. The van der Waals surface area contributed by atoms with Gasteiger partial charge in [-0.25, -0.2) is 0 Å². The Morgan fingerprint density at radius 3 is 1.11 bits per heavy atom. The number of rotatable bonds is 21. The topological polar surface area (TPSA) is 18.5 Å². The summed E-state index contributed by atoms with van der Waals surface area (Å²) < 4.78 is 12.7. The van der Waals surface area contributed by atoms with Crippen molar-refractivity contribution in [2.24, 2.45) is 0 Å². The first-order chi connectivity index (χ1) is 13.7. The smallest absolute Gasteiger partial charge is 0.0728 e. The van der Waals surface area contributed by atoms with Crippen LogP contribution in [0.2, 0.25) is 24.2 Å². The highest BCUT2D eigenvalue weighted by atomic mass is 33.1. The molecule has 0 bridgehead atoms. The molecular formula is C22H50O2S2Si2. The Bertz CT molecular complexity index is 283. The third-order valence-corrected chi connectivity index (χ3v) is 16.6. The Morgan fingerprint density at radius 1 is 0.536 bits per heavy atom. The van der Waals surface area contributed by atoms with Crippen molar-refractivity contribution in [2.45, 2.75) is 116 Å². The van der Waals surface area contributed by atoms with E-state index in [-0.39, 0.29) is 0 Å². The molecule has 170 valence electrons. The molecule has 6 heteroatoms. The van der Waals surface area contributed by atoms with Crippen LogP contribution in [0.3, 0.4) is 0 Å². The van der Waals surface area contributed by atoms with E-state index in [0.29, 0.717) is 11.5 Å². The quantitative estimate of drug-likeness (QED) is 0.102. The molecule has 2 atom stereocenters. The van der Waals surface area contributed by atoms with Gasteiger partial charge in [0.1, 0.15) is 0 Å². The van der Waals surface area contributed by atoms with E-state index in [1.165, 1.54) is 61.4 Å². The molecule has 0 aromatic rings. The SMILES string of the molecule is CCCOC(CSSCC(OCCC)[SiH](CCC)CCC)[SiH](CCC)CCC. The Hall–Kier alpha value is 1.05. The van der Waals surface area contributed by atoms with E-state index >= 15 is 0 Å². The van der Waals surface area contributed by atoms with Crippen LogP contribution in [0.5, 0.6) is 0 Å². The van der Waals surface area contributed by atoms with Crippen LogP contribution in [-0.4, -0.2) is 53.8 Å². The van der Waals surface area contributed by atoms with Crippen LogP contribution in [0.25, 0.3) is 0 Å². The van der Waals surface area contributed by atoms with Gasteiger partial charge in [-0.2, -0.15) is 0 Å². The van der Waals surface area contributed by atoms with Crippen molar-refractivity contribution in [3.8, 4) is 0 Å². The van der Waals surface area contributed by atoms with Gasteiger partial charge in [-0.05, 0) is 12.8 Å². The molecular weight excluding hydrogens is 417 g/mol. The lowest BCUT2D eigenvalue weighted by Crippen LogP contribution is -2.36. The van der Waals surface area contributed by atoms with Crippen LogP contribution < -0.4 is 0 Å². The highest BCUT2D eigenvalue weighted by molar-refractivity contribution is 8.76. The van der Waals surface area contributed by atoms with Crippen LogP contribution in [0.4, 0.5) is 0 Å². The fourth-order valence-electron chi connectivity index (χ4n) is 3.92. The molecule has 0 spiro atoms. The zero-order chi connectivity index (χ0) is 21.0. The van der Waals surface area contributed by atoms with Crippen molar-refractivity contribution >= 4 is 39.2 Å². The lowest BCUT2D eigenvalue weighted by molar-refractivity contribution is 0.116. The summed E-state index contributed by atoms with van der Waals surface area (Å²) in [5.41, 5.74) is 1.12. The van der Waals surface area contributed by atoms with Crippen molar-refractivity contribution in [3.63, 3.8) is 0 Å². The van der Waals surface area contributed by atoms with Crippen molar-refractivity contribution in [3.05, 3.63) is 0 Å². The normalized spacial score (nSPS) is 14.1. The molecule has 0 aromatic carbocycles. The predicted octanol–water partition coefficient (Wildman–Crippen LogP) is 7.13. The molecule has 0 saturated heterocycles. The fraction of sp³-hybridized carbons (Fsp3) is 1.00. The Morgan fingerprint density at radius 2 is 0.857 bits per heavy atom. The average Bonchev–Trinajstić information content (AvgIpc) is 2.69. The molecule has 0 rings (SSSR count). The summed E-state index contributed by atoms with van der Waals surface area (Å²) in [5.74, 6) is 2.38. The minimum absolute atomic E-state index is 0.562. The van der Waals surface area contributed by atoms with Gasteiger partial charge in [-0.1, -0.05) is 113 Å². The molecule has 0 aliphatic rings. The first kappa shape index (κ1) is 29.1. The Labute approximate surface area is 188 Å². The zero-order valence-electron chi connectivity index (χ0n) is 19.8. The third kappa shape index (κ3) is 14.1. The van der Waals surface area contributed by atoms with E-state index < -0.39 is 17.6 Å². The molecule has 0 fully saturated rings. The molecule has 0 N–H and O–H groups in total. The summed E-state index contributed by atoms with van der Waals surface area (Å²) in [7, 11) is 2.58. The minimum atomic E-state index is -0.787.